The lowest BCUT2D eigenvalue weighted by molar-refractivity contribution is 0.0693. The Morgan fingerprint density at radius 1 is 0.903 bits per heavy atom. The highest BCUT2D eigenvalue weighted by Gasteiger charge is 2.29. The highest BCUT2D eigenvalue weighted by atomic mass is 127. The number of phenolic OH excluding ortho intramolecular Hbond substituents is 1. The normalized spacial score (nSPS) is 11.2. The lowest BCUT2D eigenvalue weighted by Gasteiger charge is -2.18. The fourth-order valence-electron chi connectivity index (χ4n) is 3.24. The van der Waals surface area contributed by atoms with Crippen molar-refractivity contribution in [2.75, 3.05) is 0 Å². The van der Waals surface area contributed by atoms with Gasteiger partial charge in [0.1, 0.15) is 9.32 Å². The van der Waals surface area contributed by atoms with Gasteiger partial charge in [-0.3, -0.25) is 9.59 Å². The zero-order chi connectivity index (χ0) is 22.6. The average molecular weight is 864 g/mol. The van der Waals surface area contributed by atoms with E-state index in [4.69, 9.17) is 4.42 Å². The molecule has 0 radical (unpaired) electrons. The Morgan fingerprint density at radius 2 is 1.55 bits per heavy atom. The molecular weight excluding hydrogens is 856 g/mol. The molecule has 2 aromatic carbocycles. The molecule has 2 aliphatic rings. The van der Waals surface area contributed by atoms with Gasteiger partial charge in [0.25, 0.3) is 0 Å². The number of ketones is 1. The first-order chi connectivity index (χ1) is 14.6. The van der Waals surface area contributed by atoms with Crippen LogP contribution in [0.1, 0.15) is 26.3 Å². The number of rotatable bonds is 3. The summed E-state index contributed by atoms with van der Waals surface area (Å²) in [7, 11) is 0. The molecule has 1 aliphatic heterocycles. The van der Waals surface area contributed by atoms with Crippen LogP contribution in [0, 0.1) is 14.3 Å². The van der Waals surface area contributed by atoms with E-state index in [0.717, 1.165) is 0 Å². The summed E-state index contributed by atoms with van der Waals surface area (Å²) < 4.78 is 7.65. The van der Waals surface area contributed by atoms with Crippen LogP contribution in [0.2, 0.25) is 0 Å². The fourth-order valence-corrected chi connectivity index (χ4v) is 6.82. The number of aromatic carboxylic acids is 1. The highest BCUT2D eigenvalue weighted by Crippen LogP contribution is 2.42. The van der Waals surface area contributed by atoms with Crippen molar-refractivity contribution in [3.63, 3.8) is 0 Å². The summed E-state index contributed by atoms with van der Waals surface area (Å²) in [5, 5.41) is 20.4. The summed E-state index contributed by atoms with van der Waals surface area (Å²) in [6.45, 7) is 0. The molecule has 0 fully saturated rings. The van der Waals surface area contributed by atoms with E-state index in [1.807, 2.05) is 90.4 Å². The zero-order valence-corrected chi connectivity index (χ0v) is 23.6. The molecule has 0 spiro atoms. The lowest BCUT2D eigenvalue weighted by atomic mass is 9.91. The summed E-state index contributed by atoms with van der Waals surface area (Å²) in [6.07, 6.45) is 0. The maximum absolute atomic E-state index is 13.8. The summed E-state index contributed by atoms with van der Waals surface area (Å²) in [6, 6.07) is 9.18. The second-order valence-electron chi connectivity index (χ2n) is 6.43. The number of hydrogen-bond acceptors (Lipinski definition) is 5. The number of benzene rings is 3. The van der Waals surface area contributed by atoms with Gasteiger partial charge in [0, 0.05) is 22.1 Å². The SMILES string of the molecule is O=C(O)c1ccccc1C(=O)c1c2cc(I)c(=O)c(I)c-2oc2c(I)c(O)c(I)cc12. The molecule has 2 N–H and O–H groups in total. The van der Waals surface area contributed by atoms with E-state index in [-0.39, 0.29) is 39.2 Å². The van der Waals surface area contributed by atoms with Gasteiger partial charge in [-0.25, -0.2) is 4.79 Å². The van der Waals surface area contributed by atoms with E-state index >= 15 is 0 Å². The van der Waals surface area contributed by atoms with Gasteiger partial charge >= 0.3 is 5.97 Å². The van der Waals surface area contributed by atoms with Crippen LogP contribution < -0.4 is 5.43 Å². The molecule has 0 aromatic heterocycles. The van der Waals surface area contributed by atoms with Crippen LogP contribution in [0.4, 0.5) is 0 Å². The molecule has 6 nitrogen and oxygen atoms in total. The lowest BCUT2D eigenvalue weighted by Crippen LogP contribution is -2.16. The molecule has 4 rings (SSSR count). The molecule has 1 heterocycles. The molecule has 31 heavy (non-hydrogen) atoms. The standard InChI is InChI=1S/C21H8I4O6/c22-11-5-9-13(16(26)7-3-1-2-4-8(7)21(29)30)10-6-12(23)18(28)15(25)20(10)31-19(9)14(24)17(11)27/h1-6,27H,(H,29,30). The zero-order valence-electron chi connectivity index (χ0n) is 15.0. The molecule has 0 unspecified atom stereocenters. The molecule has 0 saturated carbocycles. The van der Waals surface area contributed by atoms with Crippen molar-refractivity contribution in [3.8, 4) is 17.1 Å². The monoisotopic (exact) mass is 864 g/mol. The number of phenols is 1. The molecule has 1 aliphatic carbocycles. The maximum atomic E-state index is 13.8. The van der Waals surface area contributed by atoms with E-state index in [0.29, 0.717) is 25.2 Å². The predicted octanol–water partition coefficient (Wildman–Crippen LogP) is 5.95. The van der Waals surface area contributed by atoms with E-state index in [1.54, 1.807) is 24.3 Å². The largest absolute Gasteiger partial charge is 0.506 e. The van der Waals surface area contributed by atoms with Crippen molar-refractivity contribution in [2.24, 2.45) is 0 Å². The van der Waals surface area contributed by atoms with E-state index in [2.05, 4.69) is 0 Å². The summed E-state index contributed by atoms with van der Waals surface area (Å²) in [4.78, 5) is 38.0. The Bertz CT molecular complexity index is 1460. The number of hydrogen-bond donors (Lipinski definition) is 2. The van der Waals surface area contributed by atoms with Crippen LogP contribution in [0.15, 0.2) is 45.6 Å². The first kappa shape index (κ1) is 23.2. The fraction of sp³-hybridized carbons (Fsp3) is 0. The number of halogens is 4. The van der Waals surface area contributed by atoms with Gasteiger partial charge in [-0.15, -0.1) is 0 Å². The van der Waals surface area contributed by atoms with Gasteiger partial charge in [-0.2, -0.15) is 0 Å². The molecule has 0 atom stereocenters. The minimum atomic E-state index is -1.22. The Kier molecular flexibility index (Phi) is 6.53. The molecule has 0 amide bonds. The maximum Gasteiger partial charge on any atom is 0.336 e. The Morgan fingerprint density at radius 3 is 2.19 bits per heavy atom. The van der Waals surface area contributed by atoms with Crippen molar-refractivity contribution in [1.29, 1.82) is 0 Å². The highest BCUT2D eigenvalue weighted by molar-refractivity contribution is 14.1. The quantitative estimate of drug-likeness (QED) is 0.150. The second kappa shape index (κ2) is 8.74. The number of fused-ring (bicyclic) bond motifs is 2. The van der Waals surface area contributed by atoms with Gasteiger partial charge in [-0.05, 0) is 109 Å². The van der Waals surface area contributed by atoms with Crippen molar-refractivity contribution < 1.29 is 24.2 Å². The van der Waals surface area contributed by atoms with Crippen LogP contribution in [0.5, 0.6) is 5.75 Å². The smallest absolute Gasteiger partial charge is 0.336 e. The average Bonchev–Trinajstić information content (AvgIpc) is 2.75. The van der Waals surface area contributed by atoms with Gasteiger partial charge in [-0.1, -0.05) is 18.2 Å². The summed E-state index contributed by atoms with van der Waals surface area (Å²) >= 11 is 7.66. The first-order valence-electron chi connectivity index (χ1n) is 8.46. The molecule has 156 valence electrons. The topological polar surface area (TPSA) is 105 Å². The first-order valence-corrected chi connectivity index (χ1v) is 12.8. The van der Waals surface area contributed by atoms with E-state index in [1.165, 1.54) is 12.1 Å². The second-order valence-corrected chi connectivity index (χ2v) is 10.9. The van der Waals surface area contributed by atoms with Crippen LogP contribution in [-0.2, 0) is 0 Å². The minimum absolute atomic E-state index is 0.00371. The van der Waals surface area contributed by atoms with Crippen molar-refractivity contribution in [1.82, 2.24) is 0 Å². The summed E-state index contributed by atoms with van der Waals surface area (Å²) in [5.41, 5.74) is 0.548. The Balaban J connectivity index is 2.23. The number of aromatic hydroxyl groups is 1. The van der Waals surface area contributed by atoms with E-state index in [9.17, 15) is 24.6 Å². The predicted molar refractivity (Wildman–Crippen MR) is 148 cm³/mol. The van der Waals surface area contributed by atoms with Gasteiger partial charge in [0.2, 0.25) is 5.43 Å². The van der Waals surface area contributed by atoms with Gasteiger partial charge in [0.05, 0.1) is 16.3 Å². The third-order valence-electron chi connectivity index (χ3n) is 4.65. The summed E-state index contributed by atoms with van der Waals surface area (Å²) in [5.74, 6) is -1.51. The van der Waals surface area contributed by atoms with Crippen LogP contribution in [0.3, 0.4) is 0 Å². The molecule has 0 bridgehead atoms. The van der Waals surface area contributed by atoms with Crippen LogP contribution in [0.25, 0.3) is 22.3 Å². The van der Waals surface area contributed by atoms with Crippen molar-refractivity contribution in [2.45, 2.75) is 0 Å². The molecular formula is C21H8I4O6. The van der Waals surface area contributed by atoms with E-state index < -0.39 is 11.8 Å². The number of carbonyl (C=O) groups is 2. The molecule has 0 saturated heterocycles. The number of carboxylic acids is 1. The molecule has 2 aromatic rings. The van der Waals surface area contributed by atoms with Gasteiger partial charge < -0.3 is 14.6 Å². The third kappa shape index (κ3) is 3.86. The van der Waals surface area contributed by atoms with Crippen LogP contribution in [-0.4, -0.2) is 22.0 Å². The molecule has 10 heteroatoms. The van der Waals surface area contributed by atoms with Crippen molar-refractivity contribution >= 4 is 113 Å². The van der Waals surface area contributed by atoms with Gasteiger partial charge in [0.15, 0.2) is 17.1 Å². The Labute approximate surface area is 229 Å². The number of carbonyl (C=O) groups excluding carboxylic acids is 1. The third-order valence-corrected chi connectivity index (χ3v) is 8.26. The van der Waals surface area contributed by atoms with Crippen LogP contribution >= 0.6 is 90.4 Å². The minimum Gasteiger partial charge on any atom is -0.506 e. The van der Waals surface area contributed by atoms with Crippen molar-refractivity contribution in [3.05, 3.63) is 77.6 Å². The number of carboxylic acid groups (broad SMARTS) is 1. The Hall–Kier alpha value is -1.01.